The van der Waals surface area contributed by atoms with E-state index in [0.29, 0.717) is 24.4 Å². The molecule has 0 N–H and O–H groups in total. The van der Waals surface area contributed by atoms with Gasteiger partial charge in [0.15, 0.2) is 11.5 Å². The van der Waals surface area contributed by atoms with Gasteiger partial charge in [0.05, 0.1) is 6.26 Å². The molecule has 3 rings (SSSR count). The van der Waals surface area contributed by atoms with Gasteiger partial charge in [-0.3, -0.25) is 9.59 Å². The van der Waals surface area contributed by atoms with Crippen LogP contribution in [-0.4, -0.2) is 11.6 Å². The summed E-state index contributed by atoms with van der Waals surface area (Å²) in [5.41, 5.74) is 0. The lowest BCUT2D eigenvalue weighted by Crippen LogP contribution is -2.27. The van der Waals surface area contributed by atoms with Crippen LogP contribution in [0.2, 0.25) is 0 Å². The van der Waals surface area contributed by atoms with Crippen molar-refractivity contribution in [2.24, 2.45) is 5.92 Å². The number of furan rings is 1. The van der Waals surface area contributed by atoms with E-state index in [9.17, 15) is 9.59 Å². The third kappa shape index (κ3) is 3.16. The largest absolute Gasteiger partial charge is 0.461 e. The van der Waals surface area contributed by atoms with Crippen LogP contribution >= 0.6 is 11.3 Å². The van der Waals surface area contributed by atoms with Crippen LogP contribution in [0.4, 0.5) is 0 Å². The van der Waals surface area contributed by atoms with Gasteiger partial charge in [0.25, 0.3) is 0 Å². The van der Waals surface area contributed by atoms with E-state index in [1.807, 2.05) is 17.5 Å². The molecule has 0 unspecified atom stereocenters. The molecule has 21 heavy (non-hydrogen) atoms. The number of hydrogen-bond donors (Lipinski definition) is 0. The zero-order valence-corrected chi connectivity index (χ0v) is 12.6. The van der Waals surface area contributed by atoms with Crippen LogP contribution in [0.3, 0.4) is 0 Å². The minimum Gasteiger partial charge on any atom is -0.461 e. The molecule has 0 amide bonds. The van der Waals surface area contributed by atoms with E-state index < -0.39 is 0 Å². The molecule has 0 aromatic carbocycles. The van der Waals surface area contributed by atoms with Gasteiger partial charge in [0.1, 0.15) is 5.78 Å². The highest BCUT2D eigenvalue weighted by Crippen LogP contribution is 2.38. The van der Waals surface area contributed by atoms with Gasteiger partial charge in [-0.1, -0.05) is 12.5 Å². The molecular weight excluding hydrogens is 284 g/mol. The van der Waals surface area contributed by atoms with Gasteiger partial charge in [0, 0.05) is 29.6 Å². The second-order valence-electron chi connectivity index (χ2n) is 5.55. The summed E-state index contributed by atoms with van der Waals surface area (Å²) in [6.45, 7) is 0. The highest BCUT2D eigenvalue weighted by molar-refractivity contribution is 7.10. The predicted molar refractivity (Wildman–Crippen MR) is 81.7 cm³/mol. The van der Waals surface area contributed by atoms with Crippen molar-refractivity contribution in [3.05, 3.63) is 46.5 Å². The predicted octanol–water partition coefficient (Wildman–Crippen LogP) is 4.46. The monoisotopic (exact) mass is 302 g/mol. The van der Waals surface area contributed by atoms with Crippen LogP contribution < -0.4 is 0 Å². The summed E-state index contributed by atoms with van der Waals surface area (Å²) >= 11 is 1.63. The lowest BCUT2D eigenvalue weighted by molar-refractivity contribution is -0.125. The van der Waals surface area contributed by atoms with Crippen LogP contribution in [-0.2, 0) is 4.79 Å². The van der Waals surface area contributed by atoms with Crippen molar-refractivity contribution in [1.29, 1.82) is 0 Å². The first-order valence-electron chi connectivity index (χ1n) is 7.38. The van der Waals surface area contributed by atoms with E-state index in [4.69, 9.17) is 4.42 Å². The Balaban J connectivity index is 1.83. The Hall–Kier alpha value is -1.68. The fourth-order valence-corrected chi connectivity index (χ4v) is 4.01. The number of rotatable bonds is 5. The fraction of sp³-hybridized carbons (Fsp3) is 0.412. The molecule has 0 spiro atoms. The van der Waals surface area contributed by atoms with Crippen molar-refractivity contribution in [2.45, 2.75) is 38.0 Å². The quantitative estimate of drug-likeness (QED) is 0.766. The number of hydrogen-bond acceptors (Lipinski definition) is 4. The Morgan fingerprint density at radius 2 is 2.24 bits per heavy atom. The third-order valence-corrected chi connectivity index (χ3v) is 5.20. The smallest absolute Gasteiger partial charge is 0.198 e. The molecule has 2 aromatic rings. The minimum absolute atomic E-state index is 0.00426. The molecule has 2 heterocycles. The highest BCUT2D eigenvalue weighted by Gasteiger charge is 2.33. The number of Topliss-reactive ketones (excluding diaryl/α,β-unsaturated/α-hetero) is 2. The van der Waals surface area contributed by atoms with Crippen molar-refractivity contribution >= 4 is 22.9 Å². The van der Waals surface area contributed by atoms with E-state index in [2.05, 4.69) is 0 Å². The van der Waals surface area contributed by atoms with Crippen LogP contribution in [0.5, 0.6) is 0 Å². The van der Waals surface area contributed by atoms with E-state index in [0.717, 1.165) is 24.1 Å². The van der Waals surface area contributed by atoms with Gasteiger partial charge in [-0.05, 0) is 36.4 Å². The van der Waals surface area contributed by atoms with Crippen molar-refractivity contribution < 1.29 is 14.0 Å². The second-order valence-corrected chi connectivity index (χ2v) is 6.52. The molecule has 2 atom stereocenters. The molecule has 1 aliphatic rings. The minimum atomic E-state index is -0.0173. The standard InChI is InChI=1S/C17H18O3S/c18-14-6-2-1-5-12(14)13(17-8-4-10-21-17)11-15(19)16-7-3-9-20-16/h3-4,7-10,12-13H,1-2,5-6,11H2/t12-,13+/m0/s1. The first kappa shape index (κ1) is 14.3. The Bertz CT molecular complexity index is 598. The molecule has 1 fully saturated rings. The molecule has 110 valence electrons. The summed E-state index contributed by atoms with van der Waals surface area (Å²) in [4.78, 5) is 25.8. The lowest BCUT2D eigenvalue weighted by Gasteiger charge is -2.28. The third-order valence-electron chi connectivity index (χ3n) is 4.20. The van der Waals surface area contributed by atoms with Crippen LogP contribution in [0.1, 0.15) is 53.5 Å². The van der Waals surface area contributed by atoms with Gasteiger partial charge in [-0.2, -0.15) is 0 Å². The maximum atomic E-state index is 12.4. The summed E-state index contributed by atoms with van der Waals surface area (Å²) < 4.78 is 5.20. The van der Waals surface area contributed by atoms with Crippen molar-refractivity contribution in [3.63, 3.8) is 0 Å². The van der Waals surface area contributed by atoms with E-state index in [1.54, 1.807) is 23.5 Å². The summed E-state index contributed by atoms with van der Waals surface area (Å²) in [6, 6.07) is 7.43. The van der Waals surface area contributed by atoms with Gasteiger partial charge >= 0.3 is 0 Å². The summed E-state index contributed by atoms with van der Waals surface area (Å²) in [7, 11) is 0. The SMILES string of the molecule is O=C(C[C@@H](c1cccs1)[C@@H]1CCCCC1=O)c1ccco1. The fourth-order valence-electron chi connectivity index (χ4n) is 3.12. The van der Waals surface area contributed by atoms with Crippen molar-refractivity contribution in [3.8, 4) is 0 Å². The number of carbonyl (C=O) groups is 2. The number of thiophene rings is 1. The van der Waals surface area contributed by atoms with Gasteiger partial charge in [-0.15, -0.1) is 11.3 Å². The molecule has 1 aliphatic carbocycles. The number of ketones is 2. The maximum Gasteiger partial charge on any atom is 0.198 e. The van der Waals surface area contributed by atoms with Gasteiger partial charge in [-0.25, -0.2) is 0 Å². The Kier molecular flexibility index (Phi) is 4.34. The van der Waals surface area contributed by atoms with E-state index in [1.165, 1.54) is 6.26 Å². The topological polar surface area (TPSA) is 47.3 Å². The molecule has 4 heteroatoms. The Labute approximate surface area is 128 Å². The molecule has 2 aromatic heterocycles. The van der Waals surface area contributed by atoms with Crippen LogP contribution in [0.15, 0.2) is 40.3 Å². The highest BCUT2D eigenvalue weighted by atomic mass is 32.1. The summed E-state index contributed by atoms with van der Waals surface area (Å²) in [5.74, 6) is 0.662. The van der Waals surface area contributed by atoms with E-state index in [-0.39, 0.29) is 17.6 Å². The van der Waals surface area contributed by atoms with Gasteiger partial charge in [0.2, 0.25) is 0 Å². The van der Waals surface area contributed by atoms with Gasteiger partial charge < -0.3 is 4.42 Å². The van der Waals surface area contributed by atoms with Crippen molar-refractivity contribution in [2.75, 3.05) is 0 Å². The van der Waals surface area contributed by atoms with Crippen LogP contribution in [0, 0.1) is 5.92 Å². The summed E-state index contributed by atoms with van der Waals surface area (Å²) in [6.07, 6.45) is 5.48. The first-order chi connectivity index (χ1) is 10.3. The normalized spacial score (nSPS) is 20.4. The number of carbonyl (C=O) groups excluding carboxylic acids is 2. The molecule has 0 bridgehead atoms. The average Bonchev–Trinajstić information content (AvgIpc) is 3.18. The first-order valence-corrected chi connectivity index (χ1v) is 8.26. The van der Waals surface area contributed by atoms with E-state index >= 15 is 0 Å². The Morgan fingerprint density at radius 3 is 2.90 bits per heavy atom. The zero-order chi connectivity index (χ0) is 14.7. The molecule has 0 aliphatic heterocycles. The molecule has 1 saturated carbocycles. The Morgan fingerprint density at radius 1 is 1.33 bits per heavy atom. The average molecular weight is 302 g/mol. The second kappa shape index (κ2) is 6.39. The molecule has 3 nitrogen and oxygen atoms in total. The molecule has 0 saturated heterocycles. The van der Waals surface area contributed by atoms with Crippen molar-refractivity contribution in [1.82, 2.24) is 0 Å². The maximum absolute atomic E-state index is 12.4. The summed E-state index contributed by atoms with van der Waals surface area (Å²) in [5, 5.41) is 2.01. The lowest BCUT2D eigenvalue weighted by atomic mass is 9.76. The van der Waals surface area contributed by atoms with Crippen LogP contribution in [0.25, 0.3) is 0 Å². The molecule has 0 radical (unpaired) electrons. The zero-order valence-electron chi connectivity index (χ0n) is 11.8. The molecular formula is C17H18O3S.